The number of carbonyl (C=O) groups is 3. The lowest BCUT2D eigenvalue weighted by Crippen LogP contribution is -2.16. The van der Waals surface area contributed by atoms with Gasteiger partial charge in [0.15, 0.2) is 6.61 Å². The van der Waals surface area contributed by atoms with E-state index in [4.69, 9.17) is 9.47 Å². The fourth-order valence-electron chi connectivity index (χ4n) is 4.06. The lowest BCUT2D eigenvalue weighted by atomic mass is 10.1. The fourth-order valence-corrected chi connectivity index (χ4v) is 4.06. The second-order valence-electron chi connectivity index (χ2n) is 8.16. The molecule has 0 spiro atoms. The zero-order valence-corrected chi connectivity index (χ0v) is 20.1. The summed E-state index contributed by atoms with van der Waals surface area (Å²) in [6.45, 7) is 9.18. The maximum absolute atomic E-state index is 13.1. The molecule has 1 N–H and O–H groups in total. The van der Waals surface area contributed by atoms with Crippen LogP contribution in [0.5, 0.6) is 0 Å². The molecule has 3 aromatic rings. The molecule has 0 radical (unpaired) electrons. The van der Waals surface area contributed by atoms with Gasteiger partial charge in [0.05, 0.1) is 12.2 Å². The van der Waals surface area contributed by atoms with Crippen LogP contribution >= 0.6 is 0 Å². The molecule has 0 aliphatic heterocycles. The Morgan fingerprint density at radius 1 is 1.00 bits per heavy atom. The number of hydrogen-bond acceptors (Lipinski definition) is 5. The molecule has 0 saturated heterocycles. The summed E-state index contributed by atoms with van der Waals surface area (Å²) in [7, 11) is 0. The van der Waals surface area contributed by atoms with Crippen molar-refractivity contribution in [2.75, 3.05) is 13.2 Å². The van der Waals surface area contributed by atoms with Gasteiger partial charge in [-0.15, -0.1) is 0 Å². The van der Waals surface area contributed by atoms with Gasteiger partial charge < -0.3 is 19.0 Å². The Morgan fingerprint density at radius 2 is 1.68 bits per heavy atom. The molecule has 0 aliphatic rings. The van der Waals surface area contributed by atoms with Crippen molar-refractivity contribution in [3.05, 3.63) is 81.2 Å². The molecular formula is C26H29FN2O5. The molecule has 2 heterocycles. The third-order valence-corrected chi connectivity index (χ3v) is 5.87. The van der Waals surface area contributed by atoms with Crippen LogP contribution in [-0.2, 0) is 22.4 Å². The van der Waals surface area contributed by atoms with Crippen molar-refractivity contribution >= 4 is 17.7 Å². The smallest absolute Gasteiger partial charge is 0.355 e. The highest BCUT2D eigenvalue weighted by Gasteiger charge is 2.25. The average Bonchev–Trinajstić information content (AvgIpc) is 3.26. The van der Waals surface area contributed by atoms with Gasteiger partial charge in [-0.3, -0.25) is 4.79 Å². The lowest BCUT2D eigenvalue weighted by molar-refractivity contribution is 0.0468. The SMILES string of the molecule is CCOC(=O)c1c(C)[nH]c(C(=O)OCC(=O)c2cc(C)n(CCc3ccc(F)cc3)c2C)c1C. The number of nitrogens with one attached hydrogen (secondary N) is 1. The Balaban J connectivity index is 1.67. The van der Waals surface area contributed by atoms with Crippen LogP contribution < -0.4 is 0 Å². The van der Waals surface area contributed by atoms with Gasteiger partial charge in [0, 0.05) is 29.2 Å². The number of aromatic amines is 1. The largest absolute Gasteiger partial charge is 0.462 e. The van der Waals surface area contributed by atoms with Crippen LogP contribution in [0, 0.1) is 33.5 Å². The number of benzene rings is 1. The first-order valence-electron chi connectivity index (χ1n) is 11.1. The van der Waals surface area contributed by atoms with Gasteiger partial charge in [0.2, 0.25) is 5.78 Å². The number of ketones is 1. The minimum atomic E-state index is -0.713. The van der Waals surface area contributed by atoms with Crippen LogP contribution in [0.4, 0.5) is 4.39 Å². The maximum atomic E-state index is 13.1. The topological polar surface area (TPSA) is 90.4 Å². The van der Waals surface area contributed by atoms with Gasteiger partial charge in [-0.25, -0.2) is 14.0 Å². The van der Waals surface area contributed by atoms with Gasteiger partial charge in [0.25, 0.3) is 0 Å². The van der Waals surface area contributed by atoms with E-state index in [1.165, 1.54) is 12.1 Å². The van der Waals surface area contributed by atoms with E-state index in [9.17, 15) is 18.8 Å². The van der Waals surface area contributed by atoms with Crippen LogP contribution in [-0.4, -0.2) is 40.5 Å². The molecule has 0 saturated carbocycles. The highest BCUT2D eigenvalue weighted by Crippen LogP contribution is 2.21. The molecule has 2 aromatic heterocycles. The van der Waals surface area contributed by atoms with Crippen LogP contribution in [0.1, 0.15) is 66.3 Å². The number of aromatic nitrogens is 2. The minimum Gasteiger partial charge on any atom is -0.462 e. The number of aryl methyl sites for hydroxylation is 3. The summed E-state index contributed by atoms with van der Waals surface area (Å²) in [4.78, 5) is 40.4. The van der Waals surface area contributed by atoms with Crippen molar-refractivity contribution in [2.24, 2.45) is 0 Å². The zero-order chi connectivity index (χ0) is 25.0. The van der Waals surface area contributed by atoms with Crippen LogP contribution in [0.25, 0.3) is 0 Å². The van der Waals surface area contributed by atoms with Crippen molar-refractivity contribution in [1.82, 2.24) is 9.55 Å². The Labute approximate surface area is 197 Å². The average molecular weight is 469 g/mol. The summed E-state index contributed by atoms with van der Waals surface area (Å²) in [5, 5.41) is 0. The quantitative estimate of drug-likeness (QED) is 0.365. The van der Waals surface area contributed by atoms with E-state index in [1.807, 2.05) is 18.4 Å². The third-order valence-electron chi connectivity index (χ3n) is 5.87. The van der Waals surface area contributed by atoms with Gasteiger partial charge in [0.1, 0.15) is 11.5 Å². The molecule has 0 unspecified atom stereocenters. The van der Waals surface area contributed by atoms with Crippen molar-refractivity contribution in [3.8, 4) is 0 Å². The number of rotatable bonds is 9. The molecule has 34 heavy (non-hydrogen) atoms. The minimum absolute atomic E-state index is 0.123. The predicted molar refractivity (Wildman–Crippen MR) is 125 cm³/mol. The first-order chi connectivity index (χ1) is 16.1. The van der Waals surface area contributed by atoms with E-state index in [2.05, 4.69) is 4.98 Å². The highest BCUT2D eigenvalue weighted by atomic mass is 19.1. The van der Waals surface area contributed by atoms with Crippen molar-refractivity contribution in [1.29, 1.82) is 0 Å². The van der Waals surface area contributed by atoms with E-state index < -0.39 is 18.5 Å². The number of carbonyl (C=O) groups excluding carboxylic acids is 3. The number of hydrogen-bond donors (Lipinski definition) is 1. The first-order valence-corrected chi connectivity index (χ1v) is 11.1. The summed E-state index contributed by atoms with van der Waals surface area (Å²) >= 11 is 0. The van der Waals surface area contributed by atoms with Gasteiger partial charge in [-0.05, 0) is 70.4 Å². The van der Waals surface area contributed by atoms with Crippen molar-refractivity contribution in [2.45, 2.75) is 47.6 Å². The van der Waals surface area contributed by atoms with Crippen molar-refractivity contribution in [3.63, 3.8) is 0 Å². The monoisotopic (exact) mass is 468 g/mol. The van der Waals surface area contributed by atoms with Crippen LogP contribution in [0.3, 0.4) is 0 Å². The molecule has 7 nitrogen and oxygen atoms in total. The molecule has 8 heteroatoms. The normalized spacial score (nSPS) is 10.9. The molecule has 1 aromatic carbocycles. The second kappa shape index (κ2) is 10.5. The summed E-state index contributed by atoms with van der Waals surface area (Å²) in [6, 6.07) is 8.12. The Bertz CT molecular complexity index is 1220. The van der Waals surface area contributed by atoms with E-state index >= 15 is 0 Å². The van der Waals surface area contributed by atoms with E-state index in [0.717, 1.165) is 17.0 Å². The van der Waals surface area contributed by atoms with Crippen LogP contribution in [0.2, 0.25) is 0 Å². The molecule has 3 rings (SSSR count). The predicted octanol–water partition coefficient (Wildman–Crippen LogP) is 4.65. The summed E-state index contributed by atoms with van der Waals surface area (Å²) < 4.78 is 25.4. The highest BCUT2D eigenvalue weighted by molar-refractivity contribution is 6.02. The Morgan fingerprint density at radius 3 is 2.32 bits per heavy atom. The Hall–Kier alpha value is -3.68. The molecular weight excluding hydrogens is 439 g/mol. The summed E-state index contributed by atoms with van der Waals surface area (Å²) in [5.74, 6) is -1.83. The maximum Gasteiger partial charge on any atom is 0.355 e. The summed E-state index contributed by atoms with van der Waals surface area (Å²) in [5.41, 5.74) is 4.50. The van der Waals surface area contributed by atoms with E-state index in [0.29, 0.717) is 35.3 Å². The zero-order valence-electron chi connectivity index (χ0n) is 20.1. The van der Waals surface area contributed by atoms with Gasteiger partial charge in [-0.1, -0.05) is 12.1 Å². The fraction of sp³-hybridized carbons (Fsp3) is 0.346. The summed E-state index contributed by atoms with van der Waals surface area (Å²) in [6.07, 6.45) is 0.688. The number of halogens is 1. The number of Topliss-reactive ketones (excluding diaryl/α,β-unsaturated/α-hetero) is 1. The first kappa shape index (κ1) is 25.0. The lowest BCUT2D eigenvalue weighted by Gasteiger charge is -2.10. The molecule has 0 aliphatic carbocycles. The third kappa shape index (κ3) is 5.27. The number of nitrogens with zero attached hydrogens (tertiary/aromatic N) is 1. The molecule has 180 valence electrons. The number of esters is 2. The standard InChI is InChI=1S/C26H29FN2O5/c1-6-33-25(31)23-16(3)24(28-17(23)4)26(32)34-14-22(30)21-13-15(2)29(18(21)5)12-11-19-7-9-20(27)10-8-19/h7-10,13,28H,6,11-12,14H2,1-5H3. The number of H-pyrrole nitrogens is 1. The molecule has 0 amide bonds. The van der Waals surface area contributed by atoms with Gasteiger partial charge in [-0.2, -0.15) is 0 Å². The van der Waals surface area contributed by atoms with E-state index in [1.54, 1.807) is 39.0 Å². The molecule has 0 fully saturated rings. The molecule has 0 atom stereocenters. The van der Waals surface area contributed by atoms with Crippen molar-refractivity contribution < 1.29 is 28.2 Å². The van der Waals surface area contributed by atoms with Crippen LogP contribution in [0.15, 0.2) is 30.3 Å². The number of ether oxygens (including phenoxy) is 2. The second-order valence-corrected chi connectivity index (χ2v) is 8.16. The van der Waals surface area contributed by atoms with Gasteiger partial charge >= 0.3 is 11.9 Å². The molecule has 0 bridgehead atoms. The van der Waals surface area contributed by atoms with E-state index in [-0.39, 0.29) is 23.9 Å². The Kier molecular flexibility index (Phi) is 7.71.